The maximum atomic E-state index is 13.9. The van der Waals surface area contributed by atoms with Gasteiger partial charge < -0.3 is 4.98 Å². The summed E-state index contributed by atoms with van der Waals surface area (Å²) in [4.78, 5) is 7.45. The minimum Gasteiger partial charge on any atom is -0.346 e. The molecule has 27 heavy (non-hydrogen) atoms. The quantitative estimate of drug-likeness (QED) is 0.564. The standard InChI is InChI=1S/C21H17FN2O2S/c1-14-7-9-17(10-8-14)27(25,26)20(15-4-2-5-16(22)12-15)19-13-24-21-18(19)6-3-11-23-21/h2-13,20H,1H3,(H,23,24). The second kappa shape index (κ2) is 6.63. The van der Waals surface area contributed by atoms with Crippen molar-refractivity contribution in [1.82, 2.24) is 9.97 Å². The Bertz CT molecular complexity index is 1210. The van der Waals surface area contributed by atoms with Crippen molar-refractivity contribution in [2.75, 3.05) is 0 Å². The Hall–Kier alpha value is -2.99. The molecular formula is C21H17FN2O2S. The third kappa shape index (κ3) is 3.13. The number of nitrogens with zero attached hydrogens (tertiary/aromatic N) is 1. The Balaban J connectivity index is 1.98. The van der Waals surface area contributed by atoms with Crippen LogP contribution in [0, 0.1) is 12.7 Å². The molecule has 0 bridgehead atoms. The molecule has 0 spiro atoms. The number of aryl methyl sites for hydroxylation is 1. The average molecular weight is 380 g/mol. The number of sulfone groups is 1. The van der Waals surface area contributed by atoms with E-state index >= 15 is 0 Å². The van der Waals surface area contributed by atoms with Crippen LogP contribution in [0.5, 0.6) is 0 Å². The molecule has 2 aromatic carbocycles. The molecule has 1 unspecified atom stereocenters. The minimum absolute atomic E-state index is 0.195. The number of benzene rings is 2. The molecule has 0 saturated carbocycles. The minimum atomic E-state index is -3.82. The average Bonchev–Trinajstić information content (AvgIpc) is 3.06. The smallest absolute Gasteiger partial charge is 0.189 e. The van der Waals surface area contributed by atoms with Crippen LogP contribution in [-0.2, 0) is 9.84 Å². The van der Waals surface area contributed by atoms with E-state index in [0.29, 0.717) is 22.2 Å². The monoisotopic (exact) mass is 380 g/mol. The number of aromatic nitrogens is 2. The first-order valence-corrected chi connectivity index (χ1v) is 9.99. The number of nitrogens with one attached hydrogen (secondary N) is 1. The van der Waals surface area contributed by atoms with Gasteiger partial charge in [0.05, 0.1) is 4.90 Å². The molecule has 0 aliphatic heterocycles. The van der Waals surface area contributed by atoms with E-state index in [0.717, 1.165) is 5.56 Å². The molecule has 136 valence electrons. The van der Waals surface area contributed by atoms with Crippen molar-refractivity contribution in [2.45, 2.75) is 17.1 Å². The number of hydrogen-bond acceptors (Lipinski definition) is 3. The summed E-state index contributed by atoms with van der Waals surface area (Å²) < 4.78 is 41.0. The molecule has 4 aromatic rings. The lowest BCUT2D eigenvalue weighted by Gasteiger charge is -2.18. The van der Waals surface area contributed by atoms with Gasteiger partial charge in [-0.15, -0.1) is 0 Å². The second-order valence-electron chi connectivity index (χ2n) is 6.44. The molecule has 6 heteroatoms. The number of hydrogen-bond donors (Lipinski definition) is 1. The van der Waals surface area contributed by atoms with E-state index in [-0.39, 0.29) is 4.90 Å². The summed E-state index contributed by atoms with van der Waals surface area (Å²) in [6.45, 7) is 1.89. The molecule has 0 amide bonds. The molecule has 1 N–H and O–H groups in total. The fraction of sp³-hybridized carbons (Fsp3) is 0.0952. The van der Waals surface area contributed by atoms with Crippen LogP contribution in [0.4, 0.5) is 4.39 Å². The van der Waals surface area contributed by atoms with Crippen LogP contribution in [0.15, 0.2) is 78.0 Å². The summed E-state index contributed by atoms with van der Waals surface area (Å²) in [7, 11) is -3.82. The van der Waals surface area contributed by atoms with E-state index in [4.69, 9.17) is 0 Å². The number of fused-ring (bicyclic) bond motifs is 1. The number of pyridine rings is 1. The van der Waals surface area contributed by atoms with Gasteiger partial charge in [-0.1, -0.05) is 29.8 Å². The van der Waals surface area contributed by atoms with E-state index in [1.54, 1.807) is 48.8 Å². The van der Waals surface area contributed by atoms with Crippen molar-refractivity contribution in [3.05, 3.63) is 95.6 Å². The van der Waals surface area contributed by atoms with Crippen molar-refractivity contribution in [2.24, 2.45) is 0 Å². The zero-order chi connectivity index (χ0) is 19.0. The van der Waals surface area contributed by atoms with Crippen molar-refractivity contribution in [3.63, 3.8) is 0 Å². The SMILES string of the molecule is Cc1ccc(S(=O)(=O)C(c2cccc(F)c2)c2c[nH]c3ncccc23)cc1. The normalized spacial score (nSPS) is 13.0. The zero-order valence-electron chi connectivity index (χ0n) is 14.6. The van der Waals surface area contributed by atoms with Crippen LogP contribution in [-0.4, -0.2) is 18.4 Å². The van der Waals surface area contributed by atoms with Crippen LogP contribution in [0.2, 0.25) is 0 Å². The first-order chi connectivity index (χ1) is 13.0. The molecule has 0 aliphatic rings. The Kier molecular flexibility index (Phi) is 4.28. The lowest BCUT2D eigenvalue weighted by molar-refractivity contribution is 0.588. The lowest BCUT2D eigenvalue weighted by atomic mass is 10.0. The third-order valence-electron chi connectivity index (χ3n) is 4.58. The predicted octanol–water partition coefficient (Wildman–Crippen LogP) is 4.57. The molecule has 4 rings (SSSR count). The summed E-state index contributed by atoms with van der Waals surface area (Å²) in [5, 5.41) is -0.351. The zero-order valence-corrected chi connectivity index (χ0v) is 15.4. The summed E-state index contributed by atoms with van der Waals surface area (Å²) in [6, 6.07) is 16.0. The molecule has 1 atom stereocenters. The lowest BCUT2D eigenvalue weighted by Crippen LogP contribution is -2.15. The van der Waals surface area contributed by atoms with Gasteiger partial charge in [0.2, 0.25) is 0 Å². The van der Waals surface area contributed by atoms with E-state index in [2.05, 4.69) is 9.97 Å². The summed E-state index contributed by atoms with van der Waals surface area (Å²) >= 11 is 0. The number of H-pyrrole nitrogens is 1. The van der Waals surface area contributed by atoms with Crippen LogP contribution in [0.1, 0.15) is 21.9 Å². The molecule has 0 fully saturated rings. The van der Waals surface area contributed by atoms with Gasteiger partial charge in [0.25, 0.3) is 0 Å². The van der Waals surface area contributed by atoms with Gasteiger partial charge in [-0.25, -0.2) is 17.8 Å². The second-order valence-corrected chi connectivity index (χ2v) is 8.47. The van der Waals surface area contributed by atoms with Gasteiger partial charge in [-0.3, -0.25) is 0 Å². The van der Waals surface area contributed by atoms with Gasteiger partial charge in [0, 0.05) is 23.3 Å². The Morgan fingerprint density at radius 2 is 1.81 bits per heavy atom. The first-order valence-electron chi connectivity index (χ1n) is 8.45. The van der Waals surface area contributed by atoms with Crippen molar-refractivity contribution in [1.29, 1.82) is 0 Å². The largest absolute Gasteiger partial charge is 0.346 e. The van der Waals surface area contributed by atoms with E-state index in [1.807, 2.05) is 13.0 Å². The third-order valence-corrected chi connectivity index (χ3v) is 6.65. The molecular weight excluding hydrogens is 363 g/mol. The maximum absolute atomic E-state index is 13.9. The molecule has 2 aromatic heterocycles. The predicted molar refractivity (Wildman–Crippen MR) is 103 cm³/mol. The summed E-state index contributed by atoms with van der Waals surface area (Å²) in [5.74, 6) is -0.477. The Labute approximate surface area is 156 Å². The highest BCUT2D eigenvalue weighted by Gasteiger charge is 2.33. The van der Waals surface area contributed by atoms with Gasteiger partial charge in [-0.05, 0) is 48.9 Å². The Morgan fingerprint density at radius 3 is 2.56 bits per heavy atom. The highest BCUT2D eigenvalue weighted by Crippen LogP contribution is 2.38. The molecule has 0 radical (unpaired) electrons. The van der Waals surface area contributed by atoms with Crippen molar-refractivity contribution >= 4 is 20.9 Å². The maximum Gasteiger partial charge on any atom is 0.189 e. The van der Waals surface area contributed by atoms with Gasteiger partial charge in [0.15, 0.2) is 9.84 Å². The van der Waals surface area contributed by atoms with E-state index < -0.39 is 20.9 Å². The van der Waals surface area contributed by atoms with Crippen LogP contribution < -0.4 is 0 Å². The summed E-state index contributed by atoms with van der Waals surface area (Å²) in [6.07, 6.45) is 3.27. The number of rotatable bonds is 4. The topological polar surface area (TPSA) is 62.8 Å². The molecule has 2 heterocycles. The number of aromatic amines is 1. The van der Waals surface area contributed by atoms with Crippen LogP contribution in [0.3, 0.4) is 0 Å². The molecule has 0 saturated heterocycles. The number of halogens is 1. The van der Waals surface area contributed by atoms with Gasteiger partial charge in [-0.2, -0.15) is 0 Å². The molecule has 4 nitrogen and oxygen atoms in total. The highest BCUT2D eigenvalue weighted by atomic mass is 32.2. The fourth-order valence-electron chi connectivity index (χ4n) is 3.25. The summed E-state index contributed by atoms with van der Waals surface area (Å²) in [5.41, 5.74) is 2.48. The van der Waals surface area contributed by atoms with Gasteiger partial charge in [0.1, 0.15) is 16.7 Å². The van der Waals surface area contributed by atoms with Crippen LogP contribution in [0.25, 0.3) is 11.0 Å². The van der Waals surface area contributed by atoms with Gasteiger partial charge >= 0.3 is 0 Å². The highest BCUT2D eigenvalue weighted by molar-refractivity contribution is 7.92. The first kappa shape index (κ1) is 17.4. The Morgan fingerprint density at radius 1 is 1.04 bits per heavy atom. The fourth-order valence-corrected chi connectivity index (χ4v) is 5.08. The van der Waals surface area contributed by atoms with E-state index in [1.165, 1.54) is 18.2 Å². The van der Waals surface area contributed by atoms with Crippen molar-refractivity contribution < 1.29 is 12.8 Å². The van der Waals surface area contributed by atoms with Crippen LogP contribution >= 0.6 is 0 Å². The van der Waals surface area contributed by atoms with Crippen molar-refractivity contribution in [3.8, 4) is 0 Å². The molecule has 0 aliphatic carbocycles. The van der Waals surface area contributed by atoms with E-state index in [9.17, 15) is 12.8 Å².